The molecule has 0 bridgehead atoms. The number of aromatic nitrogens is 2. The Balaban J connectivity index is 1.86. The van der Waals surface area contributed by atoms with Crippen LogP contribution in [0.15, 0.2) is 76.2 Å². The van der Waals surface area contributed by atoms with Crippen molar-refractivity contribution in [2.24, 2.45) is 0 Å². The van der Waals surface area contributed by atoms with Crippen LogP contribution in [0.4, 0.5) is 10.3 Å². The Hall–Kier alpha value is -3.87. The molecule has 1 aliphatic rings. The first kappa shape index (κ1) is 16.3. The van der Waals surface area contributed by atoms with Gasteiger partial charge in [-0.15, -0.1) is 0 Å². The van der Waals surface area contributed by atoms with Crippen molar-refractivity contribution in [3.8, 4) is 0 Å². The number of fused-ring (bicyclic) bond motifs is 2. The summed E-state index contributed by atoms with van der Waals surface area (Å²) in [6.07, 6.45) is 2.95. The highest BCUT2D eigenvalue weighted by Crippen LogP contribution is 2.40. The van der Waals surface area contributed by atoms with Crippen molar-refractivity contribution in [1.29, 1.82) is 0 Å². The van der Waals surface area contributed by atoms with Crippen molar-refractivity contribution >= 4 is 22.8 Å². The molecular weight excluding hydrogens is 361 g/mol. The first-order chi connectivity index (χ1) is 13.7. The van der Waals surface area contributed by atoms with Crippen molar-refractivity contribution < 1.29 is 13.6 Å². The second-order valence-electron chi connectivity index (χ2n) is 6.32. The van der Waals surface area contributed by atoms with Crippen LogP contribution in [0.5, 0.6) is 0 Å². The van der Waals surface area contributed by atoms with Gasteiger partial charge in [0.2, 0.25) is 11.7 Å². The maximum atomic E-state index is 14.7. The summed E-state index contributed by atoms with van der Waals surface area (Å²) in [5.41, 5.74) is 0.172. The number of amides is 1. The zero-order valence-electron chi connectivity index (χ0n) is 14.4. The van der Waals surface area contributed by atoms with Gasteiger partial charge in [0.15, 0.2) is 5.43 Å². The van der Waals surface area contributed by atoms with Crippen LogP contribution in [0.2, 0.25) is 0 Å². The van der Waals surface area contributed by atoms with E-state index in [0.29, 0.717) is 11.0 Å². The Morgan fingerprint density at radius 3 is 2.43 bits per heavy atom. The fourth-order valence-electron chi connectivity index (χ4n) is 3.53. The highest BCUT2D eigenvalue weighted by atomic mass is 19.1. The summed E-state index contributed by atoms with van der Waals surface area (Å²) in [6.45, 7) is 0. The van der Waals surface area contributed by atoms with Crippen LogP contribution in [0.25, 0.3) is 11.0 Å². The number of hydrogen-bond acceptors (Lipinski definition) is 5. The van der Waals surface area contributed by atoms with E-state index in [0.717, 1.165) is 0 Å². The normalized spacial score (nSPS) is 15.8. The Morgan fingerprint density at radius 2 is 1.64 bits per heavy atom. The molecule has 28 heavy (non-hydrogen) atoms. The lowest BCUT2D eigenvalue weighted by Crippen LogP contribution is -2.31. The van der Waals surface area contributed by atoms with Crippen LogP contribution in [0.3, 0.4) is 0 Å². The third kappa shape index (κ3) is 2.26. The van der Waals surface area contributed by atoms with Crippen molar-refractivity contribution in [3.05, 3.63) is 99.9 Å². The van der Waals surface area contributed by atoms with E-state index in [1.165, 1.54) is 29.4 Å². The molecule has 1 aliphatic heterocycles. The number of carbonyl (C=O) groups excluding carboxylic acids is 1. The lowest BCUT2D eigenvalue weighted by molar-refractivity contribution is 0.0969. The molecule has 2 aromatic heterocycles. The molecule has 0 radical (unpaired) electrons. The van der Waals surface area contributed by atoms with Gasteiger partial charge in [-0.1, -0.05) is 30.3 Å². The van der Waals surface area contributed by atoms with Crippen LogP contribution in [0, 0.1) is 5.82 Å². The average Bonchev–Trinajstić information content (AvgIpc) is 3.02. The van der Waals surface area contributed by atoms with E-state index in [9.17, 15) is 14.0 Å². The molecule has 1 unspecified atom stereocenters. The van der Waals surface area contributed by atoms with Gasteiger partial charge in [0.25, 0.3) is 5.91 Å². The van der Waals surface area contributed by atoms with Crippen molar-refractivity contribution in [2.75, 3.05) is 4.90 Å². The number of anilines is 1. The number of nitrogens with zero attached hydrogens (tertiary/aromatic N) is 3. The number of halogens is 1. The molecule has 1 amide bonds. The van der Waals surface area contributed by atoms with E-state index in [2.05, 4.69) is 9.97 Å². The lowest BCUT2D eigenvalue weighted by atomic mass is 9.98. The molecule has 7 heteroatoms. The molecule has 0 N–H and O–H groups in total. The number of rotatable bonds is 2. The van der Waals surface area contributed by atoms with Crippen LogP contribution < -0.4 is 10.3 Å². The molecule has 2 aromatic carbocycles. The third-order valence-electron chi connectivity index (χ3n) is 4.75. The molecule has 0 aliphatic carbocycles. The summed E-state index contributed by atoms with van der Waals surface area (Å²) in [6, 6.07) is 13.2. The summed E-state index contributed by atoms with van der Waals surface area (Å²) < 4.78 is 20.5. The maximum absolute atomic E-state index is 14.7. The van der Waals surface area contributed by atoms with E-state index in [4.69, 9.17) is 4.42 Å². The second kappa shape index (κ2) is 6.09. The molecule has 5 rings (SSSR count). The van der Waals surface area contributed by atoms with E-state index in [-0.39, 0.29) is 28.3 Å². The van der Waals surface area contributed by atoms with Gasteiger partial charge in [0, 0.05) is 18.0 Å². The number of carbonyl (C=O) groups is 1. The minimum Gasteiger partial charge on any atom is -0.450 e. The summed E-state index contributed by atoms with van der Waals surface area (Å²) in [4.78, 5) is 35.9. The first-order valence-electron chi connectivity index (χ1n) is 8.57. The Kier molecular flexibility index (Phi) is 3.55. The van der Waals surface area contributed by atoms with Crippen molar-refractivity contribution in [1.82, 2.24) is 9.97 Å². The fourth-order valence-corrected chi connectivity index (χ4v) is 3.53. The van der Waals surface area contributed by atoms with Crippen LogP contribution in [-0.4, -0.2) is 15.9 Å². The van der Waals surface area contributed by atoms with Gasteiger partial charge in [0.1, 0.15) is 17.4 Å². The quantitative estimate of drug-likeness (QED) is 0.538. The summed E-state index contributed by atoms with van der Waals surface area (Å²) in [5, 5.41) is 0.325. The molecule has 0 fully saturated rings. The minimum atomic E-state index is -1.02. The molecule has 3 heterocycles. The Labute approximate surface area is 157 Å². The molecule has 1 atom stereocenters. The van der Waals surface area contributed by atoms with Crippen molar-refractivity contribution in [3.63, 3.8) is 0 Å². The predicted molar refractivity (Wildman–Crippen MR) is 99.6 cm³/mol. The molecule has 0 spiro atoms. The fraction of sp³-hybridized carbons (Fsp3) is 0.0476. The molecule has 0 saturated heterocycles. The van der Waals surface area contributed by atoms with Crippen LogP contribution in [-0.2, 0) is 0 Å². The van der Waals surface area contributed by atoms with Gasteiger partial charge in [-0.2, -0.15) is 0 Å². The molecule has 0 saturated carbocycles. The number of hydrogen-bond donors (Lipinski definition) is 0. The number of para-hydroxylation sites is 1. The van der Waals surface area contributed by atoms with E-state index >= 15 is 0 Å². The largest absolute Gasteiger partial charge is 0.450 e. The van der Waals surface area contributed by atoms with Gasteiger partial charge < -0.3 is 4.42 Å². The van der Waals surface area contributed by atoms with E-state index in [1.54, 1.807) is 42.5 Å². The molecule has 6 nitrogen and oxygen atoms in total. The van der Waals surface area contributed by atoms with Crippen LogP contribution >= 0.6 is 0 Å². The summed E-state index contributed by atoms with van der Waals surface area (Å²) in [7, 11) is 0. The van der Waals surface area contributed by atoms with Gasteiger partial charge in [-0.25, -0.2) is 14.4 Å². The minimum absolute atomic E-state index is 0.0654. The number of benzene rings is 2. The first-order valence-corrected chi connectivity index (χ1v) is 8.57. The Bertz CT molecular complexity index is 1290. The van der Waals surface area contributed by atoms with Gasteiger partial charge in [0.05, 0.1) is 10.9 Å². The predicted octanol–water partition coefficient (Wildman–Crippen LogP) is 3.47. The molecular formula is C21H12FN3O3. The highest BCUT2D eigenvalue weighted by Gasteiger charge is 2.45. The molecule has 136 valence electrons. The second-order valence-corrected chi connectivity index (χ2v) is 6.32. The highest BCUT2D eigenvalue weighted by molar-refractivity contribution is 6.09. The Morgan fingerprint density at radius 1 is 0.929 bits per heavy atom. The van der Waals surface area contributed by atoms with Crippen LogP contribution in [0.1, 0.15) is 27.7 Å². The van der Waals surface area contributed by atoms with Gasteiger partial charge >= 0.3 is 0 Å². The maximum Gasteiger partial charge on any atom is 0.297 e. The zero-order valence-corrected chi connectivity index (χ0v) is 14.4. The van der Waals surface area contributed by atoms with Gasteiger partial charge in [-0.3, -0.25) is 14.5 Å². The summed E-state index contributed by atoms with van der Waals surface area (Å²) in [5.74, 6) is -1.18. The molecule has 4 aromatic rings. The lowest BCUT2D eigenvalue weighted by Gasteiger charge is -2.23. The topological polar surface area (TPSA) is 76.3 Å². The SMILES string of the molecule is O=C1c2oc3ccccc3c(=O)c2C(c2ccccc2F)N1c1ncccn1. The third-order valence-corrected chi connectivity index (χ3v) is 4.75. The average molecular weight is 373 g/mol. The monoisotopic (exact) mass is 373 g/mol. The smallest absolute Gasteiger partial charge is 0.297 e. The van der Waals surface area contributed by atoms with E-state index < -0.39 is 17.8 Å². The van der Waals surface area contributed by atoms with Crippen molar-refractivity contribution in [2.45, 2.75) is 6.04 Å². The van der Waals surface area contributed by atoms with Gasteiger partial charge in [-0.05, 0) is 24.3 Å². The standard InChI is InChI=1S/C21H12FN3O3/c22-14-8-3-1-6-12(14)17-16-18(26)13-7-2-4-9-15(13)28-19(16)20(27)25(17)21-23-10-5-11-24-21/h1-11,17H. The van der Waals surface area contributed by atoms with E-state index in [1.807, 2.05) is 0 Å². The zero-order chi connectivity index (χ0) is 19.3. The summed E-state index contributed by atoms with van der Waals surface area (Å²) >= 11 is 0.